The van der Waals surface area contributed by atoms with Gasteiger partial charge in [0.1, 0.15) is 0 Å². The smallest absolute Gasteiger partial charge is 2.00 e. The summed E-state index contributed by atoms with van der Waals surface area (Å²) in [5, 5.41) is 0. The largest absolute Gasteiger partial charge is 4.00 e. The van der Waals surface area contributed by atoms with Crippen LogP contribution in [0.25, 0.3) is 0 Å². The van der Waals surface area contributed by atoms with Crippen LogP contribution in [0.15, 0.2) is 0 Å². The van der Waals surface area contributed by atoms with Crippen molar-refractivity contribution in [2.45, 2.75) is 0 Å². The predicted octanol–water partition coefficient (Wildman–Crippen LogP) is -1.77. The first-order valence-electron chi connectivity index (χ1n) is 0.289. The second-order valence-electron chi connectivity index (χ2n) is 0. The summed E-state index contributed by atoms with van der Waals surface area (Å²) in [5.74, 6) is 0. The minimum Gasteiger partial charge on any atom is -2.00 e. The first kappa shape index (κ1) is 75.5. The van der Waals surface area contributed by atoms with Crippen LogP contribution in [-0.2, 0) is 42.6 Å². The maximum absolute atomic E-state index is 8.28. The molecule has 0 atom stereocenters. The molecule has 0 aliphatic heterocycles. The summed E-state index contributed by atoms with van der Waals surface area (Å²) in [6.45, 7) is 0. The maximum Gasteiger partial charge on any atom is 4.00 e. The van der Waals surface area contributed by atoms with Crippen molar-refractivity contribution in [3.8, 4) is 0 Å². The molecule has 4 nitrogen and oxygen atoms in total. The van der Waals surface area contributed by atoms with Crippen molar-refractivity contribution in [2.75, 3.05) is 0 Å². The van der Waals surface area contributed by atoms with Crippen LogP contribution < -0.4 is 0 Å². The SMILES string of the molecule is O=[SiH2].[O-2].[O-2].[O-2].[Pb+2].[Ti+4]. The molecule has 2 radical (unpaired) electrons. The Morgan fingerprint density at radius 3 is 0.857 bits per heavy atom. The third-order valence-corrected chi connectivity index (χ3v) is 0. The first-order chi connectivity index (χ1) is 1.00. The molecule has 38 valence electrons. The van der Waals surface area contributed by atoms with Gasteiger partial charge < -0.3 is 20.9 Å². The topological polar surface area (TPSA) is 103 Å². The zero-order valence-electron chi connectivity index (χ0n) is 3.34. The average Bonchev–Trinajstić information content (AvgIpc) is 1.00. The van der Waals surface area contributed by atoms with E-state index in [0.29, 0.717) is 10.1 Å². The van der Waals surface area contributed by atoms with Crippen LogP contribution in [-0.4, -0.2) is 37.4 Å². The van der Waals surface area contributed by atoms with Gasteiger partial charge in [-0.2, -0.15) is 0 Å². The van der Waals surface area contributed by atoms with Gasteiger partial charge in [-0.15, -0.1) is 0 Å². The van der Waals surface area contributed by atoms with E-state index in [1.54, 1.807) is 0 Å². The van der Waals surface area contributed by atoms with Crippen LogP contribution in [0.4, 0.5) is 0 Å². The van der Waals surface area contributed by atoms with Crippen molar-refractivity contribution < 1.29 is 42.6 Å². The van der Waals surface area contributed by atoms with E-state index in [0.717, 1.165) is 0 Å². The van der Waals surface area contributed by atoms with E-state index in [-0.39, 0.29) is 65.4 Å². The Hall–Kier alpha value is 1.53. The molecular weight excluding hydrogens is 347 g/mol. The van der Waals surface area contributed by atoms with Gasteiger partial charge in [0.15, 0.2) is 0 Å². The third-order valence-electron chi connectivity index (χ3n) is 0. The van der Waals surface area contributed by atoms with Crippen LogP contribution >= 0.6 is 0 Å². The molecule has 0 aromatic carbocycles. The Morgan fingerprint density at radius 2 is 0.857 bits per heavy atom. The average molecular weight is 349 g/mol. The molecule has 7 heteroatoms. The number of hydrogen-bond acceptors (Lipinski definition) is 1. The molecule has 0 amide bonds. The van der Waals surface area contributed by atoms with Gasteiger partial charge in [-0.25, -0.2) is 0 Å². The fourth-order valence-corrected chi connectivity index (χ4v) is 0. The molecular formula is H2O4PbSiTi. The van der Waals surface area contributed by atoms with Gasteiger partial charge in [0.2, 0.25) is 10.1 Å². The molecule has 0 saturated carbocycles. The van der Waals surface area contributed by atoms with Crippen molar-refractivity contribution in [1.82, 2.24) is 0 Å². The van der Waals surface area contributed by atoms with Crippen LogP contribution in [0.3, 0.4) is 0 Å². The van der Waals surface area contributed by atoms with Gasteiger partial charge in [0.25, 0.3) is 0 Å². The fourth-order valence-electron chi connectivity index (χ4n) is 0. The Kier molecular flexibility index (Phi) is 1470. The zero-order chi connectivity index (χ0) is 2.00. The summed E-state index contributed by atoms with van der Waals surface area (Å²) in [6.07, 6.45) is 0. The van der Waals surface area contributed by atoms with Crippen LogP contribution in [0.5, 0.6) is 0 Å². The van der Waals surface area contributed by atoms with Crippen molar-refractivity contribution in [2.24, 2.45) is 0 Å². The summed E-state index contributed by atoms with van der Waals surface area (Å²) >= 11 is 0. The van der Waals surface area contributed by atoms with E-state index < -0.39 is 0 Å². The van der Waals surface area contributed by atoms with Crippen molar-refractivity contribution >= 4 is 37.4 Å². The maximum atomic E-state index is 8.28. The Bertz CT molecular complexity index is 11.7. The molecule has 0 aliphatic carbocycles. The van der Waals surface area contributed by atoms with E-state index >= 15 is 0 Å². The molecule has 0 unspecified atom stereocenters. The molecule has 0 rings (SSSR count). The molecule has 7 heavy (non-hydrogen) atoms. The molecule has 0 N–H and O–H groups in total. The molecule has 0 aromatic heterocycles. The second-order valence-corrected chi connectivity index (χ2v) is 0. The summed E-state index contributed by atoms with van der Waals surface area (Å²) < 4.78 is 8.28. The predicted molar refractivity (Wildman–Crippen MR) is 17.0 cm³/mol. The minimum atomic E-state index is 0. The molecule has 0 saturated heterocycles. The minimum absolute atomic E-state index is 0. The van der Waals surface area contributed by atoms with Gasteiger partial charge in [0, 0.05) is 0 Å². The Morgan fingerprint density at radius 1 is 0.857 bits per heavy atom. The van der Waals surface area contributed by atoms with Crippen LogP contribution in [0.2, 0.25) is 0 Å². The summed E-state index contributed by atoms with van der Waals surface area (Å²) in [4.78, 5) is 0. The quantitative estimate of drug-likeness (QED) is 0.475. The van der Waals surface area contributed by atoms with E-state index in [2.05, 4.69) is 0 Å². The molecule has 0 fully saturated rings. The fraction of sp³-hybridized carbons (Fsp3) is 0. The van der Waals surface area contributed by atoms with Crippen LogP contribution in [0.1, 0.15) is 0 Å². The van der Waals surface area contributed by atoms with Crippen molar-refractivity contribution in [3.63, 3.8) is 0 Å². The normalized spacial score (nSPS) is 0.571. The van der Waals surface area contributed by atoms with Gasteiger partial charge in [-0.05, 0) is 0 Å². The molecule has 0 heterocycles. The monoisotopic (exact) mass is 350 g/mol. The molecule has 0 aromatic rings. The third kappa shape index (κ3) is 98.1. The van der Waals surface area contributed by atoms with Crippen molar-refractivity contribution in [3.05, 3.63) is 0 Å². The van der Waals surface area contributed by atoms with E-state index in [4.69, 9.17) is 4.46 Å². The summed E-state index contributed by atoms with van der Waals surface area (Å²) in [7, 11) is 0.611. The molecule has 0 bridgehead atoms. The first-order valence-corrected chi connectivity index (χ1v) is 0.866. The van der Waals surface area contributed by atoms with Gasteiger partial charge in [0.05, 0.1) is 0 Å². The standard InChI is InChI=1S/H2OSi.3O.Pb.Ti/c1-2;;;;;/h2H2;;;;;/q;3*-2;+2;+4. The van der Waals surface area contributed by atoms with Gasteiger partial charge >= 0.3 is 49.0 Å². The molecule has 0 aliphatic rings. The van der Waals surface area contributed by atoms with Crippen LogP contribution in [0, 0.1) is 0 Å². The van der Waals surface area contributed by atoms with E-state index in [9.17, 15) is 0 Å². The van der Waals surface area contributed by atoms with Crippen molar-refractivity contribution in [1.29, 1.82) is 0 Å². The number of hydrogen-bond donors (Lipinski definition) is 0. The van der Waals surface area contributed by atoms with Gasteiger partial charge in [-0.3, -0.25) is 0 Å². The summed E-state index contributed by atoms with van der Waals surface area (Å²) in [6, 6.07) is 0. The zero-order valence-corrected chi connectivity index (χ0v) is 10.2. The van der Waals surface area contributed by atoms with E-state index in [1.165, 1.54) is 0 Å². The number of rotatable bonds is 0. The summed E-state index contributed by atoms with van der Waals surface area (Å²) in [5.41, 5.74) is 0. The Balaban J connectivity index is -0.000000000500. The Labute approximate surface area is 79.5 Å². The van der Waals surface area contributed by atoms with Gasteiger partial charge in [-0.1, -0.05) is 0 Å². The molecule has 0 spiro atoms. The van der Waals surface area contributed by atoms with E-state index in [1.807, 2.05) is 0 Å². The second kappa shape index (κ2) is 137.